The summed E-state index contributed by atoms with van der Waals surface area (Å²) in [6, 6.07) is 27.4. The lowest BCUT2D eigenvalue weighted by molar-refractivity contribution is -0.384. The minimum absolute atomic E-state index is 0.0880. The highest BCUT2D eigenvalue weighted by atomic mass is 16.6. The van der Waals surface area contributed by atoms with Crippen LogP contribution in [0.2, 0.25) is 0 Å². The van der Waals surface area contributed by atoms with Crippen molar-refractivity contribution in [3.63, 3.8) is 0 Å². The summed E-state index contributed by atoms with van der Waals surface area (Å²) < 4.78 is 11.7. The van der Waals surface area contributed by atoms with Crippen LogP contribution in [0.25, 0.3) is 11.1 Å². The number of carbonyl (C=O) groups excluding carboxylic acids is 1. The molecule has 0 fully saturated rings. The van der Waals surface area contributed by atoms with Crippen LogP contribution < -0.4 is 14.8 Å². The maximum Gasteiger partial charge on any atom is 0.271 e. The second kappa shape index (κ2) is 11.2. The van der Waals surface area contributed by atoms with E-state index in [2.05, 4.69) is 17.4 Å². The SMILES string of the molecule is CCOc1ccc(C(=O)Nc2cc([N+](=O)[O-])ccc2C)cc1COc1ccc(-c2ccccc2)cc1. The molecule has 0 bridgehead atoms. The van der Waals surface area contributed by atoms with E-state index in [0.29, 0.717) is 34.9 Å². The average Bonchev–Trinajstić information content (AvgIpc) is 2.90. The molecule has 4 aromatic rings. The van der Waals surface area contributed by atoms with Crippen molar-refractivity contribution in [3.8, 4) is 22.6 Å². The van der Waals surface area contributed by atoms with E-state index in [1.165, 1.54) is 12.1 Å². The third-order valence-electron chi connectivity index (χ3n) is 5.66. The van der Waals surface area contributed by atoms with Gasteiger partial charge in [0.05, 0.1) is 17.2 Å². The number of carbonyl (C=O) groups is 1. The molecule has 182 valence electrons. The highest BCUT2D eigenvalue weighted by Gasteiger charge is 2.15. The van der Waals surface area contributed by atoms with Crippen molar-refractivity contribution in [1.82, 2.24) is 0 Å². The summed E-state index contributed by atoms with van der Waals surface area (Å²) >= 11 is 0. The fourth-order valence-electron chi connectivity index (χ4n) is 3.72. The number of hydrogen-bond acceptors (Lipinski definition) is 5. The predicted octanol–water partition coefficient (Wildman–Crippen LogP) is 6.80. The first kappa shape index (κ1) is 24.5. The van der Waals surface area contributed by atoms with E-state index in [-0.39, 0.29) is 18.2 Å². The summed E-state index contributed by atoms with van der Waals surface area (Å²) in [7, 11) is 0. The third-order valence-corrected chi connectivity index (χ3v) is 5.66. The zero-order valence-corrected chi connectivity index (χ0v) is 20.1. The molecule has 0 unspecified atom stereocenters. The Morgan fingerprint density at radius 1 is 0.889 bits per heavy atom. The Labute approximate surface area is 209 Å². The molecule has 0 aliphatic rings. The van der Waals surface area contributed by atoms with Gasteiger partial charge in [0.2, 0.25) is 0 Å². The average molecular weight is 483 g/mol. The number of aryl methyl sites for hydroxylation is 1. The summed E-state index contributed by atoms with van der Waals surface area (Å²) in [5, 5.41) is 13.9. The van der Waals surface area contributed by atoms with Crippen molar-refractivity contribution in [2.24, 2.45) is 0 Å². The number of nitrogens with one attached hydrogen (secondary N) is 1. The number of nitrogens with zero attached hydrogens (tertiary/aromatic N) is 1. The molecule has 0 aliphatic heterocycles. The molecule has 0 saturated carbocycles. The highest BCUT2D eigenvalue weighted by molar-refractivity contribution is 6.05. The van der Waals surface area contributed by atoms with Gasteiger partial charge in [0, 0.05) is 23.3 Å². The Hall–Kier alpha value is -4.65. The molecule has 0 aliphatic carbocycles. The van der Waals surface area contributed by atoms with Crippen molar-refractivity contribution < 1.29 is 19.2 Å². The number of ether oxygens (including phenoxy) is 2. The summed E-state index contributed by atoms with van der Waals surface area (Å²) in [4.78, 5) is 23.6. The van der Waals surface area contributed by atoms with Crippen molar-refractivity contribution in [2.75, 3.05) is 11.9 Å². The molecule has 0 radical (unpaired) electrons. The lowest BCUT2D eigenvalue weighted by Crippen LogP contribution is -2.14. The molecule has 0 aromatic heterocycles. The number of non-ortho nitro benzene ring substituents is 1. The fraction of sp³-hybridized carbons (Fsp3) is 0.138. The van der Waals surface area contributed by atoms with E-state index in [4.69, 9.17) is 9.47 Å². The summed E-state index contributed by atoms with van der Waals surface area (Å²) in [6.45, 7) is 4.34. The minimum atomic E-state index is -0.492. The fourth-order valence-corrected chi connectivity index (χ4v) is 3.72. The number of nitro groups is 1. The molecule has 36 heavy (non-hydrogen) atoms. The molecule has 0 saturated heterocycles. The smallest absolute Gasteiger partial charge is 0.271 e. The Bertz CT molecular complexity index is 1370. The lowest BCUT2D eigenvalue weighted by atomic mass is 10.1. The van der Waals surface area contributed by atoms with Gasteiger partial charge in [-0.05, 0) is 60.9 Å². The monoisotopic (exact) mass is 482 g/mol. The zero-order valence-electron chi connectivity index (χ0n) is 20.1. The van der Waals surface area contributed by atoms with E-state index in [9.17, 15) is 14.9 Å². The number of hydrogen-bond donors (Lipinski definition) is 1. The number of amides is 1. The molecule has 4 aromatic carbocycles. The normalized spacial score (nSPS) is 10.5. The molecule has 4 rings (SSSR count). The van der Waals surface area contributed by atoms with Gasteiger partial charge in [-0.2, -0.15) is 0 Å². The van der Waals surface area contributed by atoms with Gasteiger partial charge in [-0.3, -0.25) is 14.9 Å². The Kier molecular flexibility index (Phi) is 7.60. The van der Waals surface area contributed by atoms with Crippen LogP contribution in [0.1, 0.15) is 28.4 Å². The highest BCUT2D eigenvalue weighted by Crippen LogP contribution is 2.27. The van der Waals surface area contributed by atoms with E-state index in [1.54, 1.807) is 31.2 Å². The van der Waals surface area contributed by atoms with Crippen molar-refractivity contribution >= 4 is 17.3 Å². The zero-order chi connectivity index (χ0) is 25.5. The Morgan fingerprint density at radius 3 is 2.31 bits per heavy atom. The first-order chi connectivity index (χ1) is 17.4. The van der Waals surface area contributed by atoms with Crippen LogP contribution in [-0.2, 0) is 6.61 Å². The summed E-state index contributed by atoms with van der Waals surface area (Å²) in [5.41, 5.74) is 4.35. The first-order valence-corrected chi connectivity index (χ1v) is 11.5. The van der Waals surface area contributed by atoms with Crippen LogP contribution in [-0.4, -0.2) is 17.4 Å². The quantitative estimate of drug-likeness (QED) is 0.209. The molecule has 1 amide bonds. The van der Waals surface area contributed by atoms with Gasteiger partial charge in [0.1, 0.15) is 18.1 Å². The van der Waals surface area contributed by atoms with Gasteiger partial charge in [-0.1, -0.05) is 48.5 Å². The van der Waals surface area contributed by atoms with Crippen molar-refractivity contribution in [2.45, 2.75) is 20.5 Å². The van der Waals surface area contributed by atoms with Crippen molar-refractivity contribution in [3.05, 3.63) is 118 Å². The van der Waals surface area contributed by atoms with Crippen LogP contribution in [0.3, 0.4) is 0 Å². The van der Waals surface area contributed by atoms with Gasteiger partial charge < -0.3 is 14.8 Å². The maximum absolute atomic E-state index is 13.0. The van der Waals surface area contributed by atoms with Crippen LogP contribution in [0.15, 0.2) is 91.0 Å². The number of rotatable bonds is 9. The van der Waals surface area contributed by atoms with Crippen LogP contribution in [0.5, 0.6) is 11.5 Å². The molecule has 0 spiro atoms. The molecular formula is C29H26N2O5. The number of benzene rings is 4. The second-order valence-corrected chi connectivity index (χ2v) is 8.15. The van der Waals surface area contributed by atoms with E-state index in [0.717, 1.165) is 16.7 Å². The van der Waals surface area contributed by atoms with Gasteiger partial charge in [-0.25, -0.2) is 0 Å². The van der Waals surface area contributed by atoms with Crippen LogP contribution in [0.4, 0.5) is 11.4 Å². The molecule has 7 nitrogen and oxygen atoms in total. The lowest BCUT2D eigenvalue weighted by Gasteiger charge is -2.14. The van der Waals surface area contributed by atoms with E-state index in [1.807, 2.05) is 49.4 Å². The van der Waals surface area contributed by atoms with Crippen LogP contribution in [0, 0.1) is 17.0 Å². The predicted molar refractivity (Wildman–Crippen MR) is 140 cm³/mol. The standard InChI is InChI=1S/C29H26N2O5/c1-3-35-28-16-12-23(29(32)30-27-18-25(31(33)34)13-9-20(27)2)17-24(28)19-36-26-14-10-22(11-15-26)21-7-5-4-6-8-21/h4-18H,3,19H2,1-2H3,(H,30,32). The first-order valence-electron chi connectivity index (χ1n) is 11.5. The van der Waals surface area contributed by atoms with E-state index < -0.39 is 4.92 Å². The van der Waals surface area contributed by atoms with Gasteiger partial charge in [0.25, 0.3) is 11.6 Å². The summed E-state index contributed by atoms with van der Waals surface area (Å²) in [5.74, 6) is 0.941. The van der Waals surface area contributed by atoms with Gasteiger partial charge in [0.15, 0.2) is 0 Å². The third kappa shape index (κ3) is 5.88. The Morgan fingerprint density at radius 2 is 1.61 bits per heavy atom. The second-order valence-electron chi connectivity index (χ2n) is 8.15. The molecule has 0 heterocycles. The van der Waals surface area contributed by atoms with Crippen LogP contribution >= 0.6 is 0 Å². The summed E-state index contributed by atoms with van der Waals surface area (Å²) in [6.07, 6.45) is 0. The molecule has 7 heteroatoms. The molecule has 1 N–H and O–H groups in total. The minimum Gasteiger partial charge on any atom is -0.493 e. The number of nitro benzene ring substituents is 1. The maximum atomic E-state index is 13.0. The molecule has 0 atom stereocenters. The van der Waals surface area contributed by atoms with Crippen molar-refractivity contribution in [1.29, 1.82) is 0 Å². The largest absolute Gasteiger partial charge is 0.493 e. The van der Waals surface area contributed by atoms with E-state index >= 15 is 0 Å². The van der Waals surface area contributed by atoms with Gasteiger partial charge in [-0.15, -0.1) is 0 Å². The molecular weight excluding hydrogens is 456 g/mol. The Balaban J connectivity index is 1.50. The number of anilines is 1. The topological polar surface area (TPSA) is 90.7 Å². The van der Waals surface area contributed by atoms with Gasteiger partial charge >= 0.3 is 0 Å².